The van der Waals surface area contributed by atoms with E-state index in [1.165, 1.54) is 51.6 Å². The van der Waals surface area contributed by atoms with Crippen molar-refractivity contribution in [1.82, 2.24) is 15.2 Å². The highest BCUT2D eigenvalue weighted by Crippen LogP contribution is 2.32. The SMILES string of the molecule is CC(C)(C)C(=O)N[C@@H](c1ccccn1)[C@H]1CCCN(CC2CCCCC2)C1. The van der Waals surface area contributed by atoms with Crippen LogP contribution in [0.2, 0.25) is 0 Å². The van der Waals surface area contributed by atoms with Crippen molar-refractivity contribution in [1.29, 1.82) is 0 Å². The van der Waals surface area contributed by atoms with Crippen LogP contribution >= 0.6 is 0 Å². The number of carbonyl (C=O) groups is 1. The first-order valence-corrected chi connectivity index (χ1v) is 10.9. The smallest absolute Gasteiger partial charge is 0.225 e. The predicted octanol–water partition coefficient (Wildman–Crippen LogP) is 4.58. The average molecular weight is 372 g/mol. The van der Waals surface area contributed by atoms with Gasteiger partial charge in [0.05, 0.1) is 11.7 Å². The molecule has 27 heavy (non-hydrogen) atoms. The van der Waals surface area contributed by atoms with E-state index in [-0.39, 0.29) is 17.4 Å². The van der Waals surface area contributed by atoms with E-state index in [2.05, 4.69) is 21.3 Å². The molecule has 0 bridgehead atoms. The fourth-order valence-corrected chi connectivity index (χ4v) is 4.62. The van der Waals surface area contributed by atoms with Gasteiger partial charge in [-0.3, -0.25) is 9.78 Å². The van der Waals surface area contributed by atoms with Crippen LogP contribution in [0, 0.1) is 17.3 Å². The van der Waals surface area contributed by atoms with E-state index in [1.54, 1.807) is 0 Å². The maximum absolute atomic E-state index is 12.7. The molecule has 1 aliphatic heterocycles. The fourth-order valence-electron chi connectivity index (χ4n) is 4.62. The van der Waals surface area contributed by atoms with Gasteiger partial charge in [-0.05, 0) is 56.2 Å². The monoisotopic (exact) mass is 371 g/mol. The van der Waals surface area contributed by atoms with Crippen LogP contribution in [0.4, 0.5) is 0 Å². The molecule has 0 radical (unpaired) electrons. The summed E-state index contributed by atoms with van der Waals surface area (Å²) in [7, 11) is 0. The van der Waals surface area contributed by atoms with E-state index in [1.807, 2.05) is 39.1 Å². The van der Waals surface area contributed by atoms with Crippen molar-refractivity contribution in [3.8, 4) is 0 Å². The summed E-state index contributed by atoms with van der Waals surface area (Å²) < 4.78 is 0. The third-order valence-electron chi connectivity index (χ3n) is 6.23. The molecule has 150 valence electrons. The summed E-state index contributed by atoms with van der Waals surface area (Å²) >= 11 is 0. The van der Waals surface area contributed by atoms with E-state index in [9.17, 15) is 4.79 Å². The van der Waals surface area contributed by atoms with Crippen LogP contribution < -0.4 is 5.32 Å². The Balaban J connectivity index is 1.69. The van der Waals surface area contributed by atoms with Gasteiger partial charge >= 0.3 is 0 Å². The number of hydrogen-bond donors (Lipinski definition) is 1. The van der Waals surface area contributed by atoms with Gasteiger partial charge in [0.2, 0.25) is 5.91 Å². The van der Waals surface area contributed by atoms with Crippen molar-refractivity contribution in [2.45, 2.75) is 71.8 Å². The van der Waals surface area contributed by atoms with Crippen molar-refractivity contribution in [3.05, 3.63) is 30.1 Å². The van der Waals surface area contributed by atoms with Crippen molar-refractivity contribution < 1.29 is 4.79 Å². The average Bonchev–Trinajstić information content (AvgIpc) is 2.67. The summed E-state index contributed by atoms with van der Waals surface area (Å²) in [6.45, 7) is 9.45. The summed E-state index contributed by atoms with van der Waals surface area (Å²) in [6.07, 6.45) is 11.2. The Bertz CT molecular complexity index is 589. The van der Waals surface area contributed by atoms with Gasteiger partial charge in [-0.15, -0.1) is 0 Å². The van der Waals surface area contributed by atoms with Gasteiger partial charge in [0.1, 0.15) is 0 Å². The highest BCUT2D eigenvalue weighted by molar-refractivity contribution is 5.81. The Morgan fingerprint density at radius 2 is 1.96 bits per heavy atom. The highest BCUT2D eigenvalue weighted by Gasteiger charge is 2.33. The molecule has 0 aromatic carbocycles. The van der Waals surface area contributed by atoms with Crippen LogP contribution in [0.15, 0.2) is 24.4 Å². The number of carbonyl (C=O) groups excluding carboxylic acids is 1. The minimum Gasteiger partial charge on any atom is -0.347 e. The van der Waals surface area contributed by atoms with Crippen molar-refractivity contribution >= 4 is 5.91 Å². The molecule has 1 amide bonds. The largest absolute Gasteiger partial charge is 0.347 e. The Morgan fingerprint density at radius 3 is 2.63 bits per heavy atom. The standard InChI is InChI=1S/C23H37N3O/c1-23(2,3)22(27)25-21(20-13-7-8-14-24-20)19-12-9-15-26(17-19)16-18-10-5-4-6-11-18/h7-8,13-14,18-19,21H,4-6,9-12,15-17H2,1-3H3,(H,25,27)/t19-,21+/m0/s1. The van der Waals surface area contributed by atoms with E-state index < -0.39 is 0 Å². The van der Waals surface area contributed by atoms with Crippen LogP contribution in [-0.2, 0) is 4.79 Å². The van der Waals surface area contributed by atoms with Gasteiger partial charge in [0.25, 0.3) is 0 Å². The maximum Gasteiger partial charge on any atom is 0.225 e. The van der Waals surface area contributed by atoms with E-state index >= 15 is 0 Å². The van der Waals surface area contributed by atoms with E-state index in [0.717, 1.165) is 24.6 Å². The van der Waals surface area contributed by atoms with Gasteiger partial charge in [-0.2, -0.15) is 0 Å². The first-order valence-electron chi connectivity index (χ1n) is 10.9. The molecule has 2 heterocycles. The lowest BCUT2D eigenvalue weighted by molar-refractivity contribution is -0.130. The second-order valence-electron chi connectivity index (χ2n) is 9.62. The van der Waals surface area contributed by atoms with Gasteiger partial charge < -0.3 is 10.2 Å². The van der Waals surface area contributed by atoms with Crippen LogP contribution in [0.25, 0.3) is 0 Å². The third kappa shape index (κ3) is 5.78. The molecule has 1 aromatic heterocycles. The minimum atomic E-state index is -0.385. The summed E-state index contributed by atoms with van der Waals surface area (Å²) in [5.74, 6) is 1.42. The number of rotatable bonds is 5. The van der Waals surface area contributed by atoms with Crippen LogP contribution in [0.3, 0.4) is 0 Å². The topological polar surface area (TPSA) is 45.2 Å². The predicted molar refractivity (Wildman–Crippen MR) is 110 cm³/mol. The van der Waals surface area contributed by atoms with Crippen LogP contribution in [-0.4, -0.2) is 35.4 Å². The Hall–Kier alpha value is -1.42. The summed E-state index contributed by atoms with van der Waals surface area (Å²) in [4.78, 5) is 20.0. The van der Waals surface area contributed by atoms with Crippen LogP contribution in [0.5, 0.6) is 0 Å². The van der Waals surface area contributed by atoms with Crippen molar-refractivity contribution in [2.24, 2.45) is 17.3 Å². The quantitative estimate of drug-likeness (QED) is 0.824. The number of nitrogens with one attached hydrogen (secondary N) is 1. The number of amides is 1. The van der Waals surface area contributed by atoms with Crippen molar-refractivity contribution in [3.63, 3.8) is 0 Å². The lowest BCUT2D eigenvalue weighted by Gasteiger charge is -2.39. The number of aromatic nitrogens is 1. The van der Waals surface area contributed by atoms with Gasteiger partial charge in [-0.1, -0.05) is 46.1 Å². The summed E-state index contributed by atoms with van der Waals surface area (Å²) in [5.41, 5.74) is 0.614. The number of nitrogens with zero attached hydrogens (tertiary/aromatic N) is 2. The van der Waals surface area contributed by atoms with Gasteiger partial charge in [0.15, 0.2) is 0 Å². The molecular formula is C23H37N3O. The molecule has 4 nitrogen and oxygen atoms in total. The summed E-state index contributed by atoms with van der Waals surface area (Å²) in [5, 5.41) is 3.34. The second-order valence-corrected chi connectivity index (χ2v) is 9.62. The van der Waals surface area contributed by atoms with Crippen LogP contribution in [0.1, 0.15) is 77.5 Å². The molecule has 2 aliphatic rings. The normalized spacial score (nSPS) is 23.7. The molecule has 1 aliphatic carbocycles. The molecule has 4 heteroatoms. The minimum absolute atomic E-state index is 0.00656. The van der Waals surface area contributed by atoms with E-state index in [4.69, 9.17) is 0 Å². The Labute approximate surface area is 165 Å². The molecule has 0 unspecified atom stereocenters. The van der Waals surface area contributed by atoms with Gasteiger partial charge in [-0.25, -0.2) is 0 Å². The molecule has 0 spiro atoms. The fraction of sp³-hybridized carbons (Fsp3) is 0.739. The number of piperidine rings is 1. The van der Waals surface area contributed by atoms with Crippen molar-refractivity contribution in [2.75, 3.05) is 19.6 Å². The first-order chi connectivity index (χ1) is 12.9. The lowest BCUT2D eigenvalue weighted by Crippen LogP contribution is -2.46. The van der Waals surface area contributed by atoms with E-state index in [0.29, 0.717) is 5.92 Å². The zero-order chi connectivity index (χ0) is 19.3. The number of likely N-dealkylation sites (tertiary alicyclic amines) is 1. The highest BCUT2D eigenvalue weighted by atomic mass is 16.2. The zero-order valence-corrected chi connectivity index (χ0v) is 17.4. The lowest BCUT2D eigenvalue weighted by atomic mass is 9.85. The maximum atomic E-state index is 12.7. The van der Waals surface area contributed by atoms with Gasteiger partial charge in [0, 0.05) is 24.7 Å². The molecule has 1 saturated heterocycles. The molecule has 3 rings (SSSR count). The third-order valence-corrected chi connectivity index (χ3v) is 6.23. The molecular weight excluding hydrogens is 334 g/mol. The second kappa shape index (κ2) is 9.18. The molecule has 2 atom stereocenters. The number of pyridine rings is 1. The molecule has 1 aromatic rings. The first kappa shape index (κ1) is 20.3. The Morgan fingerprint density at radius 1 is 1.19 bits per heavy atom. The molecule has 2 fully saturated rings. The molecule has 1 N–H and O–H groups in total. The Kier molecular flexibility index (Phi) is 6.91. The number of hydrogen-bond acceptors (Lipinski definition) is 3. The zero-order valence-electron chi connectivity index (χ0n) is 17.4. The summed E-state index contributed by atoms with van der Waals surface area (Å²) in [6, 6.07) is 6.05. The molecule has 1 saturated carbocycles.